The minimum atomic E-state index is -0.00930. The van der Waals surface area contributed by atoms with Gasteiger partial charge in [-0.25, -0.2) is 0 Å². The number of hydrogen-bond acceptors (Lipinski definition) is 2. The molecule has 0 aromatic heterocycles. The number of benzene rings is 3. The molecule has 4 rings (SSSR count). The molecule has 132 valence electrons. The highest BCUT2D eigenvalue weighted by molar-refractivity contribution is 5.90. The van der Waals surface area contributed by atoms with E-state index in [1.54, 1.807) is 6.92 Å². The molecule has 0 spiro atoms. The zero-order valence-corrected chi connectivity index (χ0v) is 15.3. The number of nitrogens with one attached hydrogen (secondary N) is 1. The third kappa shape index (κ3) is 3.11. The molecule has 3 aromatic carbocycles. The van der Waals surface area contributed by atoms with Gasteiger partial charge in [0.15, 0.2) is 0 Å². The molecule has 0 unspecified atom stereocenters. The van der Waals surface area contributed by atoms with Gasteiger partial charge in [0.05, 0.1) is 0 Å². The van der Waals surface area contributed by atoms with Crippen LogP contribution in [-0.4, -0.2) is 17.4 Å². The third-order valence-electron chi connectivity index (χ3n) is 5.43. The molecule has 1 aliphatic rings. The summed E-state index contributed by atoms with van der Waals surface area (Å²) < 4.78 is 0. The lowest BCUT2D eigenvalue weighted by atomic mass is 9.93. The summed E-state index contributed by atoms with van der Waals surface area (Å²) >= 11 is 0. The zero-order chi connectivity index (χ0) is 18.1. The van der Waals surface area contributed by atoms with Crippen molar-refractivity contribution in [2.45, 2.75) is 32.9 Å². The molecule has 26 heavy (non-hydrogen) atoms. The summed E-state index contributed by atoms with van der Waals surface area (Å²) in [4.78, 5) is 14.0. The molecule has 1 heterocycles. The monoisotopic (exact) mass is 344 g/mol. The van der Waals surface area contributed by atoms with Crippen LogP contribution in [0.4, 0.5) is 5.69 Å². The number of fused-ring (bicyclic) bond motifs is 2. The van der Waals surface area contributed by atoms with Gasteiger partial charge in [-0.3, -0.25) is 9.69 Å². The van der Waals surface area contributed by atoms with Gasteiger partial charge in [0.1, 0.15) is 0 Å². The number of rotatable bonds is 3. The van der Waals surface area contributed by atoms with E-state index >= 15 is 0 Å². The van der Waals surface area contributed by atoms with Crippen LogP contribution in [0.5, 0.6) is 0 Å². The van der Waals surface area contributed by atoms with Gasteiger partial charge in [0.2, 0.25) is 5.91 Å². The van der Waals surface area contributed by atoms with Crippen LogP contribution in [0.2, 0.25) is 0 Å². The number of carbonyl (C=O) groups excluding carboxylic acids is 1. The first kappa shape index (κ1) is 16.8. The lowest BCUT2D eigenvalue weighted by molar-refractivity contribution is -0.114. The molecule has 1 amide bonds. The van der Waals surface area contributed by atoms with Crippen LogP contribution in [0.1, 0.15) is 36.6 Å². The maximum atomic E-state index is 11.5. The molecule has 1 N–H and O–H groups in total. The molecule has 0 saturated heterocycles. The average molecular weight is 344 g/mol. The van der Waals surface area contributed by atoms with Crippen LogP contribution in [0.3, 0.4) is 0 Å². The molecule has 1 aliphatic heterocycles. The topological polar surface area (TPSA) is 32.3 Å². The number of nitrogens with zero attached hydrogens (tertiary/aromatic N) is 1. The van der Waals surface area contributed by atoms with Gasteiger partial charge in [0.25, 0.3) is 0 Å². The van der Waals surface area contributed by atoms with E-state index in [0.717, 1.165) is 25.2 Å². The maximum absolute atomic E-state index is 11.5. The van der Waals surface area contributed by atoms with Gasteiger partial charge >= 0.3 is 0 Å². The fraction of sp³-hybridized carbons (Fsp3) is 0.261. The second-order valence-corrected chi connectivity index (χ2v) is 7.09. The van der Waals surface area contributed by atoms with Crippen molar-refractivity contribution in [2.24, 2.45) is 0 Å². The third-order valence-corrected chi connectivity index (χ3v) is 5.43. The molecule has 0 aliphatic carbocycles. The largest absolute Gasteiger partial charge is 0.326 e. The maximum Gasteiger partial charge on any atom is 0.221 e. The number of carbonyl (C=O) groups is 1. The van der Waals surface area contributed by atoms with Crippen molar-refractivity contribution in [1.82, 2.24) is 4.90 Å². The molecule has 3 aromatic rings. The zero-order valence-electron chi connectivity index (χ0n) is 15.3. The van der Waals surface area contributed by atoms with Gasteiger partial charge in [-0.15, -0.1) is 0 Å². The van der Waals surface area contributed by atoms with Crippen molar-refractivity contribution < 1.29 is 4.79 Å². The van der Waals surface area contributed by atoms with Crippen LogP contribution in [0.15, 0.2) is 60.7 Å². The second-order valence-electron chi connectivity index (χ2n) is 7.09. The van der Waals surface area contributed by atoms with Crippen LogP contribution < -0.4 is 5.32 Å². The van der Waals surface area contributed by atoms with Crippen LogP contribution in [0, 0.1) is 0 Å². The minimum absolute atomic E-state index is 0.00930. The van der Waals surface area contributed by atoms with Gasteiger partial charge < -0.3 is 5.32 Å². The van der Waals surface area contributed by atoms with Crippen molar-refractivity contribution in [3.63, 3.8) is 0 Å². The Bertz CT molecular complexity index is 958. The van der Waals surface area contributed by atoms with E-state index in [-0.39, 0.29) is 5.91 Å². The highest BCUT2D eigenvalue weighted by Crippen LogP contribution is 2.33. The van der Waals surface area contributed by atoms with Gasteiger partial charge in [-0.05, 0) is 46.9 Å². The number of amides is 1. The Morgan fingerprint density at radius 2 is 1.81 bits per heavy atom. The molecule has 0 radical (unpaired) electrons. The quantitative estimate of drug-likeness (QED) is 0.731. The highest BCUT2D eigenvalue weighted by Gasteiger charge is 2.24. The summed E-state index contributed by atoms with van der Waals surface area (Å²) in [6.07, 6.45) is 0.959. The summed E-state index contributed by atoms with van der Waals surface area (Å²) in [6, 6.07) is 21.8. The van der Waals surface area contributed by atoms with Gasteiger partial charge in [-0.2, -0.15) is 0 Å². The predicted molar refractivity (Wildman–Crippen MR) is 107 cm³/mol. The number of anilines is 1. The standard InChI is InChI=1S/C23H24N2O/c1-16(20-11-5-8-18-7-3-4-10-21(18)20)25-14-13-22-19(15-25)9-6-12-23(22)24-17(2)26/h3-12,16H,13-15H2,1-2H3,(H,24,26)/t16-/m0/s1. The van der Waals surface area contributed by atoms with Gasteiger partial charge in [-0.1, -0.05) is 54.6 Å². The van der Waals surface area contributed by atoms with Crippen molar-refractivity contribution in [3.8, 4) is 0 Å². The normalized spacial score (nSPS) is 15.5. The van der Waals surface area contributed by atoms with Crippen molar-refractivity contribution in [2.75, 3.05) is 11.9 Å². The Kier molecular flexibility index (Phi) is 4.48. The molecule has 3 nitrogen and oxygen atoms in total. The Balaban J connectivity index is 1.63. The van der Waals surface area contributed by atoms with Crippen LogP contribution in [0.25, 0.3) is 10.8 Å². The lowest BCUT2D eigenvalue weighted by Gasteiger charge is -2.35. The molecular formula is C23H24N2O. The fourth-order valence-corrected chi connectivity index (χ4v) is 4.08. The summed E-state index contributed by atoms with van der Waals surface area (Å²) in [7, 11) is 0. The first-order valence-corrected chi connectivity index (χ1v) is 9.23. The molecule has 0 fully saturated rings. The van der Waals surface area contributed by atoms with Crippen molar-refractivity contribution in [3.05, 3.63) is 77.4 Å². The van der Waals surface area contributed by atoms with Crippen molar-refractivity contribution in [1.29, 1.82) is 0 Å². The average Bonchev–Trinajstić information content (AvgIpc) is 2.66. The van der Waals surface area contributed by atoms with E-state index in [2.05, 4.69) is 65.7 Å². The summed E-state index contributed by atoms with van der Waals surface area (Å²) in [5, 5.41) is 5.60. The molecular weight excluding hydrogens is 320 g/mol. The van der Waals surface area contributed by atoms with E-state index in [0.29, 0.717) is 6.04 Å². The Morgan fingerprint density at radius 3 is 2.65 bits per heavy atom. The first-order valence-electron chi connectivity index (χ1n) is 9.23. The molecule has 0 saturated carbocycles. The van der Waals surface area contributed by atoms with E-state index in [9.17, 15) is 4.79 Å². The van der Waals surface area contributed by atoms with Crippen molar-refractivity contribution >= 4 is 22.4 Å². The lowest BCUT2D eigenvalue weighted by Crippen LogP contribution is -2.33. The van der Waals surface area contributed by atoms with Crippen LogP contribution >= 0.6 is 0 Å². The Hall–Kier alpha value is -2.65. The Morgan fingerprint density at radius 1 is 1.04 bits per heavy atom. The smallest absolute Gasteiger partial charge is 0.221 e. The summed E-state index contributed by atoms with van der Waals surface area (Å²) in [5.41, 5.74) is 4.94. The van der Waals surface area contributed by atoms with E-state index < -0.39 is 0 Å². The van der Waals surface area contributed by atoms with E-state index in [1.165, 1.54) is 27.5 Å². The molecule has 1 atom stereocenters. The molecule has 3 heteroatoms. The second kappa shape index (κ2) is 6.93. The Labute approximate surface area is 154 Å². The van der Waals surface area contributed by atoms with E-state index in [4.69, 9.17) is 0 Å². The van der Waals surface area contributed by atoms with Crippen LogP contribution in [-0.2, 0) is 17.8 Å². The predicted octanol–water partition coefficient (Wildman–Crippen LogP) is 4.92. The minimum Gasteiger partial charge on any atom is -0.326 e. The summed E-state index contributed by atoms with van der Waals surface area (Å²) in [6.45, 7) is 5.77. The highest BCUT2D eigenvalue weighted by atomic mass is 16.1. The molecule has 0 bridgehead atoms. The summed E-state index contributed by atoms with van der Waals surface area (Å²) in [5.74, 6) is -0.00930. The SMILES string of the molecule is CC(=O)Nc1cccc2c1CCN([C@@H](C)c1cccc3ccccc13)C2. The first-order chi connectivity index (χ1) is 12.6. The van der Waals surface area contributed by atoms with Gasteiger partial charge in [0, 0.05) is 31.7 Å². The number of hydrogen-bond donors (Lipinski definition) is 1. The van der Waals surface area contributed by atoms with E-state index in [1.807, 2.05) is 12.1 Å². The fourth-order valence-electron chi connectivity index (χ4n) is 4.08.